The number of sulfonamides is 1. The van der Waals surface area contributed by atoms with Gasteiger partial charge in [-0.25, -0.2) is 23.5 Å². The van der Waals surface area contributed by atoms with Gasteiger partial charge in [0.25, 0.3) is 0 Å². The Kier molecular flexibility index (Phi) is 5.28. The Morgan fingerprint density at radius 1 is 1.25 bits per heavy atom. The van der Waals surface area contributed by atoms with E-state index in [0.29, 0.717) is 13.1 Å². The molecule has 1 aliphatic heterocycles. The molecule has 0 saturated carbocycles. The number of nitrogens with one attached hydrogen (secondary N) is 1. The van der Waals surface area contributed by atoms with Gasteiger partial charge in [0.1, 0.15) is 11.6 Å². The van der Waals surface area contributed by atoms with Crippen LogP contribution in [0.15, 0.2) is 23.2 Å². The summed E-state index contributed by atoms with van der Waals surface area (Å²) in [5.41, 5.74) is 0.710. The third-order valence-electron chi connectivity index (χ3n) is 4.15. The third-order valence-corrected chi connectivity index (χ3v) is 5.06. The first kappa shape index (κ1) is 20.1. The average molecular weight is 415 g/mol. The van der Waals surface area contributed by atoms with Crippen LogP contribution in [0.25, 0.3) is 5.82 Å². The molecular formula is C15H16F3N7O2S. The maximum Gasteiger partial charge on any atom is 0.436 e. The summed E-state index contributed by atoms with van der Waals surface area (Å²) in [6.45, 7) is 1.14. The summed E-state index contributed by atoms with van der Waals surface area (Å²) in [5.74, 6) is -0.464. The van der Waals surface area contributed by atoms with E-state index in [2.05, 4.69) is 15.5 Å². The van der Waals surface area contributed by atoms with Gasteiger partial charge in [0, 0.05) is 25.4 Å². The van der Waals surface area contributed by atoms with E-state index in [4.69, 9.17) is 5.14 Å². The van der Waals surface area contributed by atoms with Crippen molar-refractivity contribution in [2.45, 2.75) is 30.3 Å². The number of hydrogen-bond donors (Lipinski definition) is 2. The smallest absolute Gasteiger partial charge is 0.302 e. The molecule has 13 heteroatoms. The lowest BCUT2D eigenvalue weighted by atomic mass is 10.2. The molecule has 2 aromatic heterocycles. The van der Waals surface area contributed by atoms with Crippen LogP contribution in [0.5, 0.6) is 0 Å². The quantitative estimate of drug-likeness (QED) is 0.776. The maximum atomic E-state index is 13.4. The molecule has 0 atom stereocenters. The van der Waals surface area contributed by atoms with Gasteiger partial charge in [-0.1, -0.05) is 6.42 Å². The molecule has 28 heavy (non-hydrogen) atoms. The molecule has 2 aromatic rings. The van der Waals surface area contributed by atoms with E-state index in [9.17, 15) is 26.9 Å². The van der Waals surface area contributed by atoms with Crippen LogP contribution in [0.1, 0.15) is 30.5 Å². The second kappa shape index (κ2) is 7.38. The van der Waals surface area contributed by atoms with Crippen molar-refractivity contribution in [1.82, 2.24) is 19.8 Å². The van der Waals surface area contributed by atoms with Crippen molar-refractivity contribution in [3.05, 3.63) is 29.6 Å². The molecule has 1 fully saturated rings. The predicted molar refractivity (Wildman–Crippen MR) is 91.5 cm³/mol. The summed E-state index contributed by atoms with van der Waals surface area (Å²) in [7, 11) is -4.11. The third kappa shape index (κ3) is 4.08. The number of pyridine rings is 1. The number of anilines is 1. The monoisotopic (exact) mass is 415 g/mol. The van der Waals surface area contributed by atoms with E-state index in [1.54, 1.807) is 5.01 Å². The predicted octanol–water partition coefficient (Wildman–Crippen LogP) is 1.62. The van der Waals surface area contributed by atoms with E-state index in [1.165, 1.54) is 6.07 Å². The number of hydrogen-bond acceptors (Lipinski definition) is 7. The molecule has 1 aliphatic rings. The summed E-state index contributed by atoms with van der Waals surface area (Å²) in [4.78, 5) is 3.55. The first-order chi connectivity index (χ1) is 13.1. The number of nitriles is 1. The number of rotatable bonds is 4. The average Bonchev–Trinajstić information content (AvgIpc) is 3.00. The van der Waals surface area contributed by atoms with Crippen molar-refractivity contribution >= 4 is 15.8 Å². The number of nitrogens with zero attached hydrogens (tertiary/aromatic N) is 5. The molecule has 0 radical (unpaired) electrons. The number of aromatic nitrogens is 3. The van der Waals surface area contributed by atoms with Gasteiger partial charge in [0.15, 0.2) is 17.3 Å². The lowest BCUT2D eigenvalue weighted by Gasteiger charge is -2.28. The van der Waals surface area contributed by atoms with Crippen LogP contribution in [0.3, 0.4) is 0 Å². The molecule has 9 nitrogen and oxygen atoms in total. The number of halogens is 3. The van der Waals surface area contributed by atoms with Gasteiger partial charge in [0.2, 0.25) is 10.0 Å². The van der Waals surface area contributed by atoms with Crippen LogP contribution in [0.2, 0.25) is 0 Å². The molecule has 0 bridgehead atoms. The Bertz CT molecular complexity index is 1020. The Hall–Kier alpha value is -2.69. The second-order valence-electron chi connectivity index (χ2n) is 6.15. The van der Waals surface area contributed by atoms with E-state index in [0.717, 1.165) is 42.3 Å². The Morgan fingerprint density at radius 3 is 2.50 bits per heavy atom. The van der Waals surface area contributed by atoms with Crippen LogP contribution in [0.4, 0.5) is 19.0 Å². The highest BCUT2D eigenvalue weighted by molar-refractivity contribution is 7.89. The van der Waals surface area contributed by atoms with E-state index < -0.39 is 27.5 Å². The van der Waals surface area contributed by atoms with Crippen LogP contribution in [0, 0.1) is 11.3 Å². The fraction of sp³-hybridized carbons (Fsp3) is 0.400. The number of nitrogens with two attached hydrogens (primary N) is 1. The van der Waals surface area contributed by atoms with Gasteiger partial charge in [-0.3, -0.25) is 0 Å². The number of piperidine rings is 1. The van der Waals surface area contributed by atoms with Crippen LogP contribution < -0.4 is 10.6 Å². The van der Waals surface area contributed by atoms with Crippen molar-refractivity contribution in [2.75, 3.05) is 18.5 Å². The minimum Gasteiger partial charge on any atom is -0.302 e. The maximum absolute atomic E-state index is 13.4. The highest BCUT2D eigenvalue weighted by Crippen LogP contribution is 2.35. The minimum atomic E-state index is -4.88. The van der Waals surface area contributed by atoms with Crippen LogP contribution in [-0.4, -0.2) is 41.3 Å². The Labute approximate surface area is 158 Å². The van der Waals surface area contributed by atoms with E-state index in [-0.39, 0.29) is 16.5 Å². The zero-order valence-corrected chi connectivity index (χ0v) is 15.3. The molecule has 150 valence electrons. The van der Waals surface area contributed by atoms with Gasteiger partial charge in [-0.15, -0.1) is 0 Å². The molecule has 0 spiro atoms. The summed E-state index contributed by atoms with van der Waals surface area (Å²) < 4.78 is 64.1. The van der Waals surface area contributed by atoms with Crippen molar-refractivity contribution in [3.63, 3.8) is 0 Å². The molecule has 0 amide bonds. The van der Waals surface area contributed by atoms with Gasteiger partial charge in [-0.2, -0.15) is 28.2 Å². The van der Waals surface area contributed by atoms with Gasteiger partial charge in [-0.05, 0) is 18.9 Å². The highest BCUT2D eigenvalue weighted by Gasteiger charge is 2.40. The molecule has 3 rings (SSSR count). The molecule has 3 heterocycles. The normalized spacial score (nSPS) is 16.0. The topological polar surface area (TPSA) is 130 Å². The molecule has 0 aliphatic carbocycles. The zero-order valence-electron chi connectivity index (χ0n) is 14.4. The lowest BCUT2D eigenvalue weighted by Crippen LogP contribution is -2.36. The van der Waals surface area contributed by atoms with Crippen molar-refractivity contribution < 1.29 is 21.6 Å². The summed E-state index contributed by atoms with van der Waals surface area (Å²) >= 11 is 0. The van der Waals surface area contributed by atoms with E-state index in [1.807, 2.05) is 0 Å². The second-order valence-corrected chi connectivity index (χ2v) is 7.71. The summed E-state index contributed by atoms with van der Waals surface area (Å²) in [6.07, 6.45) is -1.12. The number of primary sulfonamides is 1. The first-order valence-electron chi connectivity index (χ1n) is 8.22. The minimum absolute atomic E-state index is 0.224. The fourth-order valence-electron chi connectivity index (χ4n) is 2.84. The van der Waals surface area contributed by atoms with Crippen molar-refractivity contribution in [1.29, 1.82) is 5.26 Å². The lowest BCUT2D eigenvalue weighted by molar-refractivity contribution is -0.141. The molecule has 0 unspecified atom stereocenters. The zero-order chi connectivity index (χ0) is 20.5. The molecular weight excluding hydrogens is 399 g/mol. The number of alkyl halides is 3. The van der Waals surface area contributed by atoms with Crippen molar-refractivity contribution in [3.8, 4) is 11.9 Å². The standard InChI is InChI=1S/C15H16F3N7O2S/c16-15(17,18)13-11(9-19)14(23-24-6-2-1-3-7-24)25(22-13)12-8-10(4-5-21-12)28(20,26)27/h4-5,8,23H,1-3,6-7H2,(H2,20,26,27). The fourth-order valence-corrected chi connectivity index (χ4v) is 3.36. The highest BCUT2D eigenvalue weighted by atomic mass is 32.2. The van der Waals surface area contributed by atoms with Crippen molar-refractivity contribution in [2.24, 2.45) is 5.14 Å². The van der Waals surface area contributed by atoms with Gasteiger partial charge < -0.3 is 5.43 Å². The summed E-state index contributed by atoms with van der Waals surface area (Å²) in [5, 5.41) is 19.6. The largest absolute Gasteiger partial charge is 0.436 e. The molecule has 1 saturated heterocycles. The molecule has 3 N–H and O–H groups in total. The number of hydrazine groups is 1. The van der Waals surface area contributed by atoms with Crippen LogP contribution in [-0.2, 0) is 16.2 Å². The summed E-state index contributed by atoms with van der Waals surface area (Å²) in [6, 6.07) is 3.63. The Balaban J connectivity index is 2.16. The van der Waals surface area contributed by atoms with Crippen LogP contribution >= 0.6 is 0 Å². The van der Waals surface area contributed by atoms with E-state index >= 15 is 0 Å². The van der Waals surface area contributed by atoms with Gasteiger partial charge >= 0.3 is 6.18 Å². The first-order valence-corrected chi connectivity index (χ1v) is 9.77. The molecule has 0 aromatic carbocycles. The SMILES string of the molecule is N#Cc1c(C(F)(F)F)nn(-c2cc(S(N)(=O)=O)ccn2)c1NN1CCCCC1. The Morgan fingerprint density at radius 2 is 1.93 bits per heavy atom. The van der Waals surface area contributed by atoms with Gasteiger partial charge in [0.05, 0.1) is 4.90 Å².